The third-order valence-electron chi connectivity index (χ3n) is 6.48. The molecule has 34 heavy (non-hydrogen) atoms. The van der Waals surface area contributed by atoms with Crippen molar-refractivity contribution in [3.63, 3.8) is 0 Å². The summed E-state index contributed by atoms with van der Waals surface area (Å²) in [4.78, 5) is 0. The fourth-order valence-electron chi connectivity index (χ4n) is 4.80. The summed E-state index contributed by atoms with van der Waals surface area (Å²) in [6.07, 6.45) is 11.8. The van der Waals surface area contributed by atoms with Crippen molar-refractivity contribution in [2.75, 3.05) is 6.61 Å². The van der Waals surface area contributed by atoms with Gasteiger partial charge in [0.15, 0.2) is 0 Å². The van der Waals surface area contributed by atoms with Gasteiger partial charge in [-0.3, -0.25) is 0 Å². The van der Waals surface area contributed by atoms with E-state index in [0.717, 1.165) is 25.9 Å². The van der Waals surface area contributed by atoms with Gasteiger partial charge in [0.2, 0.25) is 0 Å². The number of benzene rings is 3. The minimum Gasteiger partial charge on any atom is -0.407 e. The highest BCUT2D eigenvalue weighted by Crippen LogP contribution is 2.36. The normalized spacial score (nSPS) is 12.2. The molecule has 0 fully saturated rings. The Hall–Kier alpha value is -2.68. The third-order valence-corrected chi connectivity index (χ3v) is 11.5. The minimum atomic E-state index is -2.42. The number of unbranched alkanes of at least 4 members (excludes halogenated alkanes) is 2. The van der Waals surface area contributed by atoms with Gasteiger partial charge in [0, 0.05) is 6.61 Å². The average Bonchev–Trinajstić information content (AvgIpc) is 2.85. The molecule has 0 bridgehead atoms. The summed E-state index contributed by atoms with van der Waals surface area (Å²) < 4.78 is 7.03. The van der Waals surface area contributed by atoms with Crippen molar-refractivity contribution in [2.24, 2.45) is 0 Å². The zero-order chi connectivity index (χ0) is 24.3. The fraction of sp³-hybridized carbons (Fsp3) is 0.312. The maximum Gasteiger partial charge on any atom is 0.261 e. The van der Waals surface area contributed by atoms with E-state index in [1.807, 2.05) is 6.08 Å². The van der Waals surface area contributed by atoms with Gasteiger partial charge >= 0.3 is 0 Å². The highest BCUT2D eigenvalue weighted by Gasteiger charge is 2.49. The van der Waals surface area contributed by atoms with E-state index in [0.29, 0.717) is 0 Å². The van der Waals surface area contributed by atoms with E-state index >= 15 is 0 Å². The lowest BCUT2D eigenvalue weighted by atomic mass is 10.0. The Morgan fingerprint density at radius 1 is 0.765 bits per heavy atom. The van der Waals surface area contributed by atoms with Gasteiger partial charge in [0.1, 0.15) is 0 Å². The molecule has 3 rings (SSSR count). The number of rotatable bonds is 12. The first-order chi connectivity index (χ1) is 16.5. The molecular weight excluding hydrogens is 428 g/mol. The van der Waals surface area contributed by atoms with Crippen LogP contribution in [0, 0.1) is 0 Å². The van der Waals surface area contributed by atoms with Crippen molar-refractivity contribution < 1.29 is 4.43 Å². The van der Waals surface area contributed by atoms with Gasteiger partial charge in [0.05, 0.1) is 0 Å². The van der Waals surface area contributed by atoms with Crippen molar-refractivity contribution in [3.8, 4) is 0 Å². The molecule has 0 aliphatic heterocycles. The van der Waals surface area contributed by atoms with Crippen LogP contribution in [0.5, 0.6) is 0 Å². The zero-order valence-electron chi connectivity index (χ0n) is 21.2. The highest BCUT2D eigenvalue weighted by atomic mass is 28.4. The lowest BCUT2D eigenvalue weighted by Crippen LogP contribution is -2.66. The van der Waals surface area contributed by atoms with E-state index < -0.39 is 8.32 Å². The molecule has 0 unspecified atom stereocenters. The van der Waals surface area contributed by atoms with Gasteiger partial charge in [-0.15, -0.1) is 6.58 Å². The van der Waals surface area contributed by atoms with Crippen molar-refractivity contribution in [2.45, 2.75) is 57.9 Å². The first-order valence-corrected chi connectivity index (χ1v) is 14.5. The summed E-state index contributed by atoms with van der Waals surface area (Å²) in [7, 11) is -2.42. The highest BCUT2D eigenvalue weighted by molar-refractivity contribution is 6.99. The third kappa shape index (κ3) is 6.46. The topological polar surface area (TPSA) is 9.23 Å². The lowest BCUT2D eigenvalue weighted by Gasteiger charge is -2.43. The van der Waals surface area contributed by atoms with E-state index in [1.165, 1.54) is 34.3 Å². The molecule has 0 aromatic heterocycles. The standard InChI is InChI=1S/C32H40OSi/c1-5-6-10-19-28-21-16-17-22-29(28)20-11-9-18-27-33-34(32(2,3)4,30-23-12-7-13-24-30)31-25-14-8-15-26-31/h5,7-8,10,12-17,19,21-26H,1,6,9,11,18,20,27H2,2-4H3/b19-10+. The van der Waals surface area contributed by atoms with E-state index in [9.17, 15) is 0 Å². The second-order valence-corrected chi connectivity index (χ2v) is 14.3. The summed E-state index contributed by atoms with van der Waals surface area (Å²) in [5.74, 6) is 0. The Kier molecular flexibility index (Phi) is 9.68. The number of hydrogen-bond acceptors (Lipinski definition) is 1. The molecule has 0 aliphatic rings. The van der Waals surface area contributed by atoms with Crippen LogP contribution >= 0.6 is 0 Å². The van der Waals surface area contributed by atoms with Crippen LogP contribution in [-0.2, 0) is 10.8 Å². The van der Waals surface area contributed by atoms with E-state index in [4.69, 9.17) is 4.43 Å². The molecule has 0 aliphatic carbocycles. The van der Waals surface area contributed by atoms with E-state index in [1.54, 1.807) is 0 Å². The quantitative estimate of drug-likeness (QED) is 0.151. The second-order valence-electron chi connectivity index (χ2n) is 9.95. The van der Waals surface area contributed by atoms with Crippen LogP contribution in [0.1, 0.15) is 57.6 Å². The van der Waals surface area contributed by atoms with Crippen molar-refractivity contribution in [3.05, 3.63) is 115 Å². The Bertz CT molecular complexity index is 992. The summed E-state index contributed by atoms with van der Waals surface area (Å²) in [5, 5.41) is 2.75. The average molecular weight is 469 g/mol. The first-order valence-electron chi connectivity index (χ1n) is 12.6. The maximum atomic E-state index is 7.03. The molecule has 178 valence electrons. The summed E-state index contributed by atoms with van der Waals surface area (Å²) >= 11 is 0. The largest absolute Gasteiger partial charge is 0.407 e. The van der Waals surface area contributed by atoms with Crippen molar-refractivity contribution in [1.29, 1.82) is 0 Å². The van der Waals surface area contributed by atoms with E-state index in [2.05, 4.69) is 124 Å². The lowest BCUT2D eigenvalue weighted by molar-refractivity contribution is 0.287. The molecule has 0 saturated carbocycles. The Morgan fingerprint density at radius 3 is 1.94 bits per heavy atom. The first kappa shape index (κ1) is 25.9. The van der Waals surface area contributed by atoms with Crippen molar-refractivity contribution >= 4 is 24.8 Å². The second kappa shape index (κ2) is 12.7. The molecule has 1 nitrogen and oxygen atoms in total. The summed E-state index contributed by atoms with van der Waals surface area (Å²) in [6, 6.07) is 30.6. The molecule has 0 amide bonds. The number of aryl methyl sites for hydroxylation is 1. The Balaban J connectivity index is 1.66. The van der Waals surface area contributed by atoms with Crippen molar-refractivity contribution in [1.82, 2.24) is 0 Å². The van der Waals surface area contributed by atoms with Crippen LogP contribution in [0.4, 0.5) is 0 Å². The van der Waals surface area contributed by atoms with Crippen LogP contribution in [0.25, 0.3) is 6.08 Å². The zero-order valence-corrected chi connectivity index (χ0v) is 22.2. The molecule has 0 atom stereocenters. The van der Waals surface area contributed by atoms with E-state index in [-0.39, 0.29) is 5.04 Å². The smallest absolute Gasteiger partial charge is 0.261 e. The van der Waals surface area contributed by atoms with Crippen LogP contribution in [0.3, 0.4) is 0 Å². The van der Waals surface area contributed by atoms with Crippen LogP contribution in [0.15, 0.2) is 104 Å². The molecule has 2 heteroatoms. The number of hydrogen-bond donors (Lipinski definition) is 0. The molecular formula is C32H40OSi. The molecule has 3 aromatic rings. The summed E-state index contributed by atoms with van der Waals surface area (Å²) in [6.45, 7) is 11.6. The molecule has 0 saturated heterocycles. The summed E-state index contributed by atoms with van der Waals surface area (Å²) in [5.41, 5.74) is 2.75. The van der Waals surface area contributed by atoms with Gasteiger partial charge in [-0.05, 0) is 52.2 Å². The predicted octanol–water partition coefficient (Wildman–Crippen LogP) is 7.57. The number of allylic oxidation sites excluding steroid dienone is 2. The SMILES string of the molecule is C=CC/C=C/c1ccccc1CCCCCO[Si](c1ccccc1)(c1ccccc1)C(C)(C)C. The van der Waals surface area contributed by atoms with Crippen LogP contribution < -0.4 is 10.4 Å². The van der Waals surface area contributed by atoms with Gasteiger partial charge in [0.25, 0.3) is 8.32 Å². The molecule has 0 heterocycles. The molecule has 0 spiro atoms. The minimum absolute atomic E-state index is 0.0341. The fourth-order valence-corrected chi connectivity index (χ4v) is 9.40. The molecule has 0 N–H and O–H groups in total. The van der Waals surface area contributed by atoms with Gasteiger partial charge in [-0.1, -0.05) is 130 Å². The van der Waals surface area contributed by atoms with Crippen LogP contribution in [-0.4, -0.2) is 14.9 Å². The Morgan fingerprint density at radius 2 is 1.35 bits per heavy atom. The maximum absolute atomic E-state index is 7.03. The molecule has 3 aromatic carbocycles. The van der Waals surface area contributed by atoms with Gasteiger partial charge in [-0.25, -0.2) is 0 Å². The van der Waals surface area contributed by atoms with Gasteiger partial charge in [-0.2, -0.15) is 0 Å². The molecule has 0 radical (unpaired) electrons. The van der Waals surface area contributed by atoms with Crippen LogP contribution in [0.2, 0.25) is 5.04 Å². The Labute approximate surface area is 208 Å². The monoisotopic (exact) mass is 468 g/mol. The van der Waals surface area contributed by atoms with Gasteiger partial charge < -0.3 is 4.43 Å². The predicted molar refractivity (Wildman–Crippen MR) is 151 cm³/mol.